The molecule has 0 radical (unpaired) electrons. The van der Waals surface area contributed by atoms with Gasteiger partial charge in [0.1, 0.15) is 0 Å². The highest BCUT2D eigenvalue weighted by molar-refractivity contribution is 5.78. The van der Waals surface area contributed by atoms with Gasteiger partial charge in [-0.15, -0.1) is 0 Å². The Morgan fingerprint density at radius 2 is 1.74 bits per heavy atom. The molecule has 4 heteroatoms. The Balaban J connectivity index is 1.42. The topological polar surface area (TPSA) is 16.1 Å². The summed E-state index contributed by atoms with van der Waals surface area (Å²) in [5.41, 5.74) is 3.03. The number of aryl methyl sites for hydroxylation is 1. The highest BCUT2D eigenvalue weighted by Gasteiger charge is 2.43. The van der Waals surface area contributed by atoms with Crippen LogP contribution in [0.5, 0.6) is 0 Å². The average molecular weight is 366 g/mol. The van der Waals surface area contributed by atoms with E-state index in [2.05, 4.69) is 11.0 Å². The molecule has 0 saturated carbocycles. The van der Waals surface area contributed by atoms with E-state index in [1.165, 1.54) is 0 Å². The molecule has 0 amide bonds. The van der Waals surface area contributed by atoms with E-state index in [1.54, 1.807) is 0 Å². The Kier molecular flexibility index (Phi) is 5.17. The van der Waals surface area contributed by atoms with Crippen molar-refractivity contribution in [1.29, 1.82) is 0 Å². The molecule has 1 aliphatic rings. The number of rotatable bonds is 5. The van der Waals surface area contributed by atoms with E-state index < -0.39 is 11.8 Å². The molecule has 2 nitrogen and oxygen atoms in total. The molecule has 2 heterocycles. The van der Waals surface area contributed by atoms with E-state index >= 15 is 0 Å². The first-order chi connectivity index (χ1) is 13.1. The molecule has 2 aromatic carbocycles. The fourth-order valence-electron chi connectivity index (χ4n) is 3.90. The maximum absolute atomic E-state index is 14.4. The van der Waals surface area contributed by atoms with Gasteiger partial charge in [0.15, 0.2) is 0 Å². The maximum Gasteiger partial charge on any atom is 0.253 e. The van der Waals surface area contributed by atoms with Gasteiger partial charge in [0, 0.05) is 37.4 Å². The minimum Gasteiger partial charge on any atom is -0.297 e. The van der Waals surface area contributed by atoms with Crippen LogP contribution >= 0.6 is 0 Å². The van der Waals surface area contributed by atoms with Gasteiger partial charge in [0.05, 0.1) is 11.2 Å². The molecule has 1 fully saturated rings. The molecule has 0 N–H and O–H groups in total. The van der Waals surface area contributed by atoms with Crippen molar-refractivity contribution in [2.24, 2.45) is 5.92 Å². The van der Waals surface area contributed by atoms with Gasteiger partial charge in [0.25, 0.3) is 5.92 Å². The normalized spacial score (nSPS) is 20.0. The monoisotopic (exact) mass is 366 g/mol. The zero-order valence-electron chi connectivity index (χ0n) is 15.3. The van der Waals surface area contributed by atoms with Crippen LogP contribution in [-0.4, -0.2) is 28.9 Å². The van der Waals surface area contributed by atoms with Crippen molar-refractivity contribution in [2.75, 3.05) is 13.1 Å². The van der Waals surface area contributed by atoms with E-state index in [0.717, 1.165) is 22.2 Å². The third-order valence-electron chi connectivity index (χ3n) is 5.50. The minimum absolute atomic E-state index is 0.0694. The zero-order valence-corrected chi connectivity index (χ0v) is 15.3. The van der Waals surface area contributed by atoms with E-state index in [9.17, 15) is 8.78 Å². The number of hydrogen-bond donors (Lipinski definition) is 0. The third kappa shape index (κ3) is 4.33. The zero-order chi connectivity index (χ0) is 18.7. The lowest BCUT2D eigenvalue weighted by Crippen LogP contribution is -2.46. The smallest absolute Gasteiger partial charge is 0.253 e. The molecule has 4 rings (SSSR count). The van der Waals surface area contributed by atoms with Gasteiger partial charge in [-0.2, -0.15) is 0 Å². The molecule has 140 valence electrons. The Bertz CT molecular complexity index is 895. The highest BCUT2D eigenvalue weighted by atomic mass is 19.3. The summed E-state index contributed by atoms with van der Waals surface area (Å²) in [5, 5.41) is 1.10. The van der Waals surface area contributed by atoms with Crippen LogP contribution in [0, 0.1) is 5.92 Å². The SMILES string of the molecule is FC1(F)CCN(Cc2ccc3ccccc3n2)CC1CCc1ccccc1. The summed E-state index contributed by atoms with van der Waals surface area (Å²) >= 11 is 0. The number of alkyl halides is 2. The van der Waals surface area contributed by atoms with Crippen LogP contribution in [0.25, 0.3) is 10.9 Å². The summed E-state index contributed by atoms with van der Waals surface area (Å²) in [6, 6.07) is 22.0. The number of benzene rings is 2. The van der Waals surface area contributed by atoms with Crippen LogP contribution < -0.4 is 0 Å². The predicted octanol–water partition coefficient (Wildman–Crippen LogP) is 5.32. The van der Waals surface area contributed by atoms with Crippen molar-refractivity contribution in [2.45, 2.75) is 31.7 Å². The fourth-order valence-corrected chi connectivity index (χ4v) is 3.90. The Morgan fingerprint density at radius 1 is 0.963 bits per heavy atom. The van der Waals surface area contributed by atoms with E-state index in [1.807, 2.05) is 60.7 Å². The fraction of sp³-hybridized carbons (Fsp3) is 0.348. The van der Waals surface area contributed by atoms with Gasteiger partial charge in [-0.1, -0.05) is 54.6 Å². The molecule has 1 saturated heterocycles. The summed E-state index contributed by atoms with van der Waals surface area (Å²) in [5.74, 6) is -3.19. The number of para-hydroxylation sites is 1. The first-order valence-electron chi connectivity index (χ1n) is 9.59. The standard InChI is InChI=1S/C23H24F2N2/c24-23(25)14-15-27(16-20(23)12-10-18-6-2-1-3-7-18)17-21-13-11-19-8-4-5-9-22(19)26-21/h1-9,11,13,20H,10,12,14-17H2. The second kappa shape index (κ2) is 7.73. The van der Waals surface area contributed by atoms with E-state index in [-0.39, 0.29) is 6.42 Å². The van der Waals surface area contributed by atoms with Crippen molar-refractivity contribution in [3.63, 3.8) is 0 Å². The third-order valence-corrected chi connectivity index (χ3v) is 5.50. The minimum atomic E-state index is -2.58. The van der Waals surface area contributed by atoms with Crippen LogP contribution in [0.2, 0.25) is 0 Å². The second-order valence-electron chi connectivity index (χ2n) is 7.46. The highest BCUT2D eigenvalue weighted by Crippen LogP contribution is 2.36. The maximum atomic E-state index is 14.4. The molecular formula is C23H24F2N2. The number of likely N-dealkylation sites (tertiary alicyclic amines) is 1. The van der Waals surface area contributed by atoms with Crippen molar-refractivity contribution in [3.05, 3.63) is 78.0 Å². The van der Waals surface area contributed by atoms with E-state index in [4.69, 9.17) is 4.98 Å². The van der Waals surface area contributed by atoms with Gasteiger partial charge in [0.2, 0.25) is 0 Å². The Hall–Kier alpha value is -2.33. The number of aromatic nitrogens is 1. The summed E-state index contributed by atoms with van der Waals surface area (Å²) in [6.45, 7) is 1.47. The lowest BCUT2D eigenvalue weighted by molar-refractivity contribution is -0.109. The number of piperidine rings is 1. The van der Waals surface area contributed by atoms with Gasteiger partial charge in [-0.3, -0.25) is 9.88 Å². The quantitative estimate of drug-likeness (QED) is 0.607. The number of fused-ring (bicyclic) bond motifs is 1. The first-order valence-corrected chi connectivity index (χ1v) is 9.59. The number of pyridine rings is 1. The number of hydrogen-bond acceptors (Lipinski definition) is 2. The van der Waals surface area contributed by atoms with Gasteiger partial charge < -0.3 is 0 Å². The first kappa shape index (κ1) is 18.1. The molecule has 1 aliphatic heterocycles. The number of halogens is 2. The Labute approximate surface area is 158 Å². The van der Waals surface area contributed by atoms with Gasteiger partial charge >= 0.3 is 0 Å². The lowest BCUT2D eigenvalue weighted by atomic mass is 9.88. The van der Waals surface area contributed by atoms with Crippen molar-refractivity contribution in [3.8, 4) is 0 Å². The second-order valence-corrected chi connectivity index (χ2v) is 7.46. The van der Waals surface area contributed by atoms with Crippen molar-refractivity contribution in [1.82, 2.24) is 9.88 Å². The summed E-state index contributed by atoms with van der Waals surface area (Å²) in [4.78, 5) is 6.82. The molecule has 1 atom stereocenters. The Morgan fingerprint density at radius 3 is 2.59 bits per heavy atom. The average Bonchev–Trinajstić information content (AvgIpc) is 2.69. The van der Waals surface area contributed by atoms with Crippen LogP contribution in [0.1, 0.15) is 24.1 Å². The molecule has 1 unspecified atom stereocenters. The largest absolute Gasteiger partial charge is 0.297 e. The van der Waals surface area contributed by atoms with Crippen LogP contribution in [-0.2, 0) is 13.0 Å². The molecule has 0 bridgehead atoms. The summed E-state index contributed by atoms with van der Waals surface area (Å²) in [6.07, 6.45) is 1.14. The lowest BCUT2D eigenvalue weighted by Gasteiger charge is -2.38. The van der Waals surface area contributed by atoms with Crippen LogP contribution in [0.15, 0.2) is 66.7 Å². The molecule has 27 heavy (non-hydrogen) atoms. The van der Waals surface area contributed by atoms with Crippen LogP contribution in [0.3, 0.4) is 0 Å². The van der Waals surface area contributed by atoms with Crippen molar-refractivity contribution >= 4 is 10.9 Å². The molecule has 0 spiro atoms. The molecule has 3 aromatic rings. The van der Waals surface area contributed by atoms with Gasteiger partial charge in [-0.05, 0) is 30.5 Å². The summed E-state index contributed by atoms with van der Waals surface area (Å²) < 4.78 is 28.9. The predicted molar refractivity (Wildman–Crippen MR) is 105 cm³/mol. The molecule has 1 aromatic heterocycles. The van der Waals surface area contributed by atoms with Crippen LogP contribution in [0.4, 0.5) is 8.78 Å². The van der Waals surface area contributed by atoms with E-state index in [0.29, 0.717) is 32.5 Å². The molecular weight excluding hydrogens is 342 g/mol. The molecule has 0 aliphatic carbocycles. The summed E-state index contributed by atoms with van der Waals surface area (Å²) in [7, 11) is 0. The number of nitrogens with zero attached hydrogens (tertiary/aromatic N) is 2. The van der Waals surface area contributed by atoms with Gasteiger partial charge in [-0.25, -0.2) is 8.78 Å². The van der Waals surface area contributed by atoms with Crippen molar-refractivity contribution < 1.29 is 8.78 Å².